The van der Waals surface area contributed by atoms with Crippen molar-refractivity contribution in [1.29, 1.82) is 0 Å². The summed E-state index contributed by atoms with van der Waals surface area (Å²) in [5.41, 5.74) is 2.49. The molecular weight excluding hydrogens is 402 g/mol. The van der Waals surface area contributed by atoms with Crippen molar-refractivity contribution in [3.05, 3.63) is 46.1 Å². The number of para-hydroxylation sites is 1. The number of ether oxygens (including phenoxy) is 2. The predicted molar refractivity (Wildman–Crippen MR) is 120 cm³/mol. The maximum Gasteiger partial charge on any atom is 0.145 e. The first kappa shape index (κ1) is 20.6. The summed E-state index contributed by atoms with van der Waals surface area (Å²) in [6.07, 6.45) is 0. The molecule has 0 N–H and O–H groups in total. The number of thiophene rings is 1. The van der Waals surface area contributed by atoms with Crippen LogP contribution < -0.4 is 4.74 Å². The number of aromatic nitrogens is 2. The number of rotatable bonds is 7. The quantitative estimate of drug-likeness (QED) is 0.396. The lowest BCUT2D eigenvalue weighted by Gasteiger charge is -2.25. The number of nitrogens with zero attached hydrogens (tertiary/aromatic N) is 3. The Morgan fingerprint density at radius 3 is 2.76 bits per heavy atom. The molecule has 0 atom stereocenters. The zero-order chi connectivity index (χ0) is 20.2. The first-order valence-corrected chi connectivity index (χ1v) is 11.9. The van der Waals surface area contributed by atoms with Crippen LogP contribution >= 0.6 is 23.1 Å². The number of morpholine rings is 1. The van der Waals surface area contributed by atoms with Gasteiger partial charge in [0.05, 0.1) is 26.4 Å². The van der Waals surface area contributed by atoms with E-state index < -0.39 is 0 Å². The Bertz CT molecular complexity index is 984. The SMILES string of the molecule is CCOc1ccccc1CSc1nc(CN2CCOCC2)nc2sc(C)c(C)c12. The number of aryl methyl sites for hydroxylation is 2. The molecule has 3 heterocycles. The van der Waals surface area contributed by atoms with Gasteiger partial charge in [-0.1, -0.05) is 18.2 Å². The van der Waals surface area contributed by atoms with E-state index in [0.717, 1.165) is 60.0 Å². The average Bonchev–Trinajstić information content (AvgIpc) is 3.02. The van der Waals surface area contributed by atoms with Crippen molar-refractivity contribution in [2.75, 3.05) is 32.9 Å². The lowest BCUT2D eigenvalue weighted by atomic mass is 10.2. The highest BCUT2D eigenvalue weighted by molar-refractivity contribution is 7.98. The van der Waals surface area contributed by atoms with Crippen LogP contribution in [0.5, 0.6) is 5.75 Å². The van der Waals surface area contributed by atoms with Crippen molar-refractivity contribution in [2.45, 2.75) is 38.1 Å². The van der Waals surface area contributed by atoms with Crippen molar-refractivity contribution < 1.29 is 9.47 Å². The number of fused-ring (bicyclic) bond motifs is 1. The zero-order valence-electron chi connectivity index (χ0n) is 17.2. The van der Waals surface area contributed by atoms with Crippen LogP contribution in [0.15, 0.2) is 29.3 Å². The molecule has 0 spiro atoms. The second-order valence-corrected chi connectivity index (χ2v) is 9.29. The van der Waals surface area contributed by atoms with Crippen molar-refractivity contribution in [1.82, 2.24) is 14.9 Å². The van der Waals surface area contributed by atoms with Gasteiger partial charge in [-0.2, -0.15) is 0 Å². The van der Waals surface area contributed by atoms with Crippen LogP contribution in [0.1, 0.15) is 28.8 Å². The Morgan fingerprint density at radius 1 is 1.17 bits per heavy atom. The molecule has 1 fully saturated rings. The summed E-state index contributed by atoms with van der Waals surface area (Å²) >= 11 is 3.55. The molecule has 154 valence electrons. The fourth-order valence-corrected chi connectivity index (χ4v) is 5.66. The Morgan fingerprint density at radius 2 is 1.97 bits per heavy atom. The Kier molecular flexibility index (Phi) is 6.70. The molecule has 1 aliphatic heterocycles. The highest BCUT2D eigenvalue weighted by Gasteiger charge is 2.18. The first-order valence-electron chi connectivity index (χ1n) is 10.1. The number of thioether (sulfide) groups is 1. The lowest BCUT2D eigenvalue weighted by Crippen LogP contribution is -2.36. The number of benzene rings is 1. The molecule has 0 amide bonds. The lowest BCUT2D eigenvalue weighted by molar-refractivity contribution is 0.0330. The zero-order valence-corrected chi connectivity index (χ0v) is 18.9. The van der Waals surface area contributed by atoms with E-state index in [9.17, 15) is 0 Å². The molecule has 0 bridgehead atoms. The molecule has 0 aliphatic carbocycles. The van der Waals surface area contributed by atoms with Crippen LogP contribution in [-0.4, -0.2) is 47.8 Å². The second-order valence-electron chi connectivity index (χ2n) is 7.13. The number of hydrogen-bond acceptors (Lipinski definition) is 7. The fourth-order valence-electron chi connectivity index (χ4n) is 3.45. The van der Waals surface area contributed by atoms with Gasteiger partial charge in [0.25, 0.3) is 0 Å². The van der Waals surface area contributed by atoms with Crippen molar-refractivity contribution >= 4 is 33.3 Å². The summed E-state index contributed by atoms with van der Waals surface area (Å²) < 4.78 is 11.3. The van der Waals surface area contributed by atoms with Gasteiger partial charge in [0.15, 0.2) is 0 Å². The number of hydrogen-bond donors (Lipinski definition) is 0. The van der Waals surface area contributed by atoms with Gasteiger partial charge in [-0.25, -0.2) is 9.97 Å². The third-order valence-corrected chi connectivity index (χ3v) is 7.27. The van der Waals surface area contributed by atoms with Gasteiger partial charge < -0.3 is 9.47 Å². The van der Waals surface area contributed by atoms with Gasteiger partial charge >= 0.3 is 0 Å². The van der Waals surface area contributed by atoms with E-state index in [4.69, 9.17) is 19.4 Å². The largest absolute Gasteiger partial charge is 0.494 e. The second kappa shape index (κ2) is 9.43. The molecule has 0 unspecified atom stereocenters. The normalized spacial score (nSPS) is 15.1. The Balaban J connectivity index is 1.63. The molecule has 0 radical (unpaired) electrons. The summed E-state index contributed by atoms with van der Waals surface area (Å²) in [5, 5.41) is 2.28. The van der Waals surface area contributed by atoms with E-state index in [0.29, 0.717) is 6.61 Å². The van der Waals surface area contributed by atoms with E-state index in [-0.39, 0.29) is 0 Å². The van der Waals surface area contributed by atoms with E-state index in [2.05, 4.69) is 30.9 Å². The molecule has 1 aromatic carbocycles. The van der Waals surface area contributed by atoms with Crippen LogP contribution in [0.4, 0.5) is 0 Å². The minimum Gasteiger partial charge on any atom is -0.494 e. The molecule has 1 saturated heterocycles. The summed E-state index contributed by atoms with van der Waals surface area (Å²) in [6.45, 7) is 11.3. The molecule has 1 aliphatic rings. The maximum absolute atomic E-state index is 5.80. The van der Waals surface area contributed by atoms with Crippen LogP contribution in [0.3, 0.4) is 0 Å². The van der Waals surface area contributed by atoms with E-state index in [1.54, 1.807) is 23.1 Å². The van der Waals surface area contributed by atoms with Gasteiger partial charge in [-0.05, 0) is 32.4 Å². The van der Waals surface area contributed by atoms with E-state index in [1.165, 1.54) is 21.4 Å². The minimum atomic E-state index is 0.673. The van der Waals surface area contributed by atoms with Crippen LogP contribution in [0, 0.1) is 13.8 Å². The van der Waals surface area contributed by atoms with Gasteiger partial charge in [-0.3, -0.25) is 4.90 Å². The smallest absolute Gasteiger partial charge is 0.145 e. The van der Waals surface area contributed by atoms with E-state index in [1.807, 2.05) is 19.1 Å². The maximum atomic E-state index is 5.80. The van der Waals surface area contributed by atoms with Crippen LogP contribution in [-0.2, 0) is 17.0 Å². The third kappa shape index (κ3) is 4.74. The van der Waals surface area contributed by atoms with Gasteiger partial charge in [-0.15, -0.1) is 23.1 Å². The van der Waals surface area contributed by atoms with Gasteiger partial charge in [0.2, 0.25) is 0 Å². The molecule has 3 aromatic rings. The molecule has 0 saturated carbocycles. The molecular formula is C22H27N3O2S2. The predicted octanol–water partition coefficient (Wildman–Crippen LogP) is 4.83. The summed E-state index contributed by atoms with van der Waals surface area (Å²) in [4.78, 5) is 14.7. The topological polar surface area (TPSA) is 47.5 Å². The highest BCUT2D eigenvalue weighted by Crippen LogP contribution is 2.37. The fraction of sp³-hybridized carbons (Fsp3) is 0.455. The molecule has 7 heteroatoms. The minimum absolute atomic E-state index is 0.673. The molecule has 29 heavy (non-hydrogen) atoms. The van der Waals surface area contributed by atoms with Crippen LogP contribution in [0.2, 0.25) is 0 Å². The van der Waals surface area contributed by atoms with Gasteiger partial charge in [0.1, 0.15) is 21.4 Å². The van der Waals surface area contributed by atoms with Crippen molar-refractivity contribution in [3.8, 4) is 5.75 Å². The average molecular weight is 430 g/mol. The standard InChI is InChI=1S/C22H27N3O2S2/c1-4-27-18-8-6-5-7-17(18)14-28-21-20-15(2)16(3)29-22(20)24-19(23-21)13-25-9-11-26-12-10-25/h5-8H,4,9-14H2,1-3H3. The first-order chi connectivity index (χ1) is 14.2. The Hall–Kier alpha value is -1.67. The third-order valence-electron chi connectivity index (χ3n) is 5.15. The molecule has 4 rings (SSSR count). The van der Waals surface area contributed by atoms with E-state index >= 15 is 0 Å². The van der Waals surface area contributed by atoms with Crippen molar-refractivity contribution in [2.24, 2.45) is 0 Å². The molecule has 5 nitrogen and oxygen atoms in total. The summed E-state index contributed by atoms with van der Waals surface area (Å²) in [5.74, 6) is 2.69. The molecule has 2 aromatic heterocycles. The highest BCUT2D eigenvalue weighted by atomic mass is 32.2. The monoisotopic (exact) mass is 429 g/mol. The van der Waals surface area contributed by atoms with Gasteiger partial charge in [0, 0.05) is 34.7 Å². The summed E-state index contributed by atoms with van der Waals surface area (Å²) in [6, 6.07) is 8.27. The van der Waals surface area contributed by atoms with Crippen molar-refractivity contribution in [3.63, 3.8) is 0 Å². The van der Waals surface area contributed by atoms with Crippen LogP contribution in [0.25, 0.3) is 10.2 Å². The summed E-state index contributed by atoms with van der Waals surface area (Å²) in [7, 11) is 0. The Labute approximate surface area is 180 Å².